The number of carbonyl (C=O) groups is 3. The molecule has 9 aromatic rings. The second-order valence-electron chi connectivity index (χ2n) is 15.7. The number of esters is 3. The van der Waals surface area contributed by atoms with Crippen LogP contribution in [-0.4, -0.2) is 70.4 Å². The first-order valence-electron chi connectivity index (χ1n) is 23.9. The molecule has 15 nitrogen and oxygen atoms in total. The van der Waals surface area contributed by atoms with E-state index in [1.54, 1.807) is 89.2 Å². The predicted octanol–water partition coefficient (Wildman–Crippen LogP) is 17.9. The first-order chi connectivity index (χ1) is 38.5. The molecule has 0 aliphatic carbocycles. The van der Waals surface area contributed by atoms with E-state index in [1.807, 2.05) is 114 Å². The van der Waals surface area contributed by atoms with Crippen molar-refractivity contribution in [2.75, 3.05) is 22.3 Å². The van der Waals surface area contributed by atoms with E-state index >= 15 is 0 Å². The number of hydrogen-bond acceptors (Lipinski definition) is 15. The largest absolute Gasteiger partial charge is 0.505 e. The van der Waals surface area contributed by atoms with Crippen molar-refractivity contribution in [3.63, 3.8) is 0 Å². The Morgan fingerprint density at radius 2 is 0.765 bits per heavy atom. The van der Waals surface area contributed by atoms with E-state index in [0.29, 0.717) is 66.7 Å². The minimum atomic E-state index is -0.642. The third-order valence-electron chi connectivity index (χ3n) is 10.5. The molecule has 0 amide bonds. The number of fused-ring (bicyclic) bond motifs is 3. The quantitative estimate of drug-likeness (QED) is 0.0342. The van der Waals surface area contributed by atoms with Gasteiger partial charge in [0.05, 0.1) is 22.3 Å². The molecule has 0 spiro atoms. The SMILES string of the molecule is CCOC(=O)c1nc(C)c2cc(Oc3ccccc3)ccc2c1O.CCOC(=O)c1nc(C)c2cc(Oc3ccccc3)ccc2c1O.CCOC(=O)c1ncc2cc(Oc3ccccc3)ccc2c1O.IC(I)I.ICI.[CH2-]I.[V]. The van der Waals surface area contributed by atoms with Crippen molar-refractivity contribution in [1.82, 2.24) is 15.0 Å². The summed E-state index contributed by atoms with van der Waals surface area (Å²) in [6.07, 6.45) is 1.51. The van der Waals surface area contributed by atoms with Crippen LogP contribution in [0.2, 0.25) is 0 Å². The van der Waals surface area contributed by atoms with E-state index in [0.717, 1.165) is 11.4 Å². The zero-order valence-corrected chi connectivity index (χ0v) is 58.5. The van der Waals surface area contributed by atoms with Crippen molar-refractivity contribution in [2.45, 2.75) is 34.6 Å². The second kappa shape index (κ2) is 37.8. The standard InChI is InChI=1S/2C19H17NO4.C18H15NO4.CHI3.CH2I2.CH2I.V/c2*1-3-23-19(22)17-18(21)15-10-9-14(11-16(15)12(2)20-17)24-13-7-5-4-6-8-13;1-2-22-18(21)16-17(20)15-9-8-14(10-12(15)11-19-16)23-13-6-4-3-5-7-13;2-1(3)4;2-1-3;1-2;/h2*4-11,21H,3H2,1-2H3;3-11,20H,2H2,1H3;1H;1H2;1H2;/q;;;;;-1;. The van der Waals surface area contributed by atoms with Crippen molar-refractivity contribution in [2.24, 2.45) is 0 Å². The molecule has 3 aromatic heterocycles. The van der Waals surface area contributed by atoms with Crippen LogP contribution in [0.25, 0.3) is 32.3 Å². The number of pyridine rings is 3. The van der Waals surface area contributed by atoms with Gasteiger partial charge in [-0.2, -0.15) is 0 Å². The average molecular weight is 1810 g/mol. The van der Waals surface area contributed by atoms with Crippen LogP contribution >= 0.6 is 136 Å². The molecule has 0 saturated heterocycles. The molecule has 3 heterocycles. The maximum atomic E-state index is 11.9. The van der Waals surface area contributed by atoms with Crippen molar-refractivity contribution in [3.8, 4) is 51.7 Å². The number of halogens is 6. The molecule has 0 aliphatic rings. The molecule has 0 saturated carbocycles. The van der Waals surface area contributed by atoms with Gasteiger partial charge >= 0.3 is 17.9 Å². The fourth-order valence-electron chi connectivity index (χ4n) is 7.16. The molecule has 9 rings (SSSR count). The summed E-state index contributed by atoms with van der Waals surface area (Å²) >= 11 is 13.4. The summed E-state index contributed by atoms with van der Waals surface area (Å²) in [5.41, 5.74) is 1.00. The van der Waals surface area contributed by atoms with Crippen LogP contribution in [0.3, 0.4) is 0 Å². The number of ether oxygens (including phenoxy) is 6. The van der Waals surface area contributed by atoms with Crippen LogP contribution in [0.5, 0.6) is 51.7 Å². The van der Waals surface area contributed by atoms with Gasteiger partial charge in [-0.05, 0) is 126 Å². The summed E-state index contributed by atoms with van der Waals surface area (Å²) < 4.78 is 34.0. The van der Waals surface area contributed by atoms with Gasteiger partial charge in [0.25, 0.3) is 0 Å². The number of aromatic nitrogens is 3. The zero-order chi connectivity index (χ0) is 58.7. The first-order valence-corrected chi connectivity index (χ1v) is 32.2. The molecule has 0 fully saturated rings. The Bertz CT molecular complexity index is 3290. The number of para-hydroxylation sites is 3. The van der Waals surface area contributed by atoms with Crippen LogP contribution in [0.15, 0.2) is 152 Å². The predicted molar refractivity (Wildman–Crippen MR) is 365 cm³/mol. The molecule has 0 aliphatic heterocycles. The minimum Gasteiger partial charge on any atom is -0.505 e. The van der Waals surface area contributed by atoms with Gasteiger partial charge in [0.1, 0.15) is 34.4 Å². The van der Waals surface area contributed by atoms with Gasteiger partial charge in [-0.1, -0.05) is 168 Å². The van der Waals surface area contributed by atoms with Crippen LogP contribution in [0.1, 0.15) is 63.6 Å². The minimum absolute atomic E-state index is 0. The van der Waals surface area contributed by atoms with Crippen molar-refractivity contribution >= 4 is 186 Å². The summed E-state index contributed by atoms with van der Waals surface area (Å²) in [6.45, 7) is 9.33. The van der Waals surface area contributed by atoms with Gasteiger partial charge in [0, 0.05) is 68.5 Å². The van der Waals surface area contributed by atoms with Gasteiger partial charge in [-0.25, -0.2) is 29.3 Å². The Morgan fingerprint density at radius 1 is 0.469 bits per heavy atom. The third-order valence-corrected chi connectivity index (χ3v) is 10.5. The van der Waals surface area contributed by atoms with Gasteiger partial charge < -0.3 is 66.3 Å². The molecule has 6 aromatic carbocycles. The van der Waals surface area contributed by atoms with Crippen LogP contribution in [0, 0.1) is 18.8 Å². The van der Waals surface area contributed by atoms with Crippen LogP contribution in [0.4, 0.5) is 0 Å². The molecule has 0 unspecified atom stereocenters. The van der Waals surface area contributed by atoms with Crippen LogP contribution in [-0.2, 0) is 32.8 Å². The average Bonchev–Trinajstić information content (AvgIpc) is 3.55. The smallest absolute Gasteiger partial charge is 0.360 e. The fraction of sp³-hybridized carbons (Fsp3) is 0.169. The fourth-order valence-corrected chi connectivity index (χ4v) is 7.16. The Labute approximate surface area is 564 Å². The van der Waals surface area contributed by atoms with Crippen molar-refractivity contribution in [3.05, 3.63) is 185 Å². The van der Waals surface area contributed by atoms with Gasteiger partial charge in [0.2, 0.25) is 0 Å². The van der Waals surface area contributed by atoms with Crippen LogP contribution < -0.4 is 14.2 Å². The molecule has 81 heavy (non-hydrogen) atoms. The summed E-state index contributed by atoms with van der Waals surface area (Å²) in [7, 11) is 0. The summed E-state index contributed by atoms with van der Waals surface area (Å²) in [4.78, 5) is 51.1. The molecular weight excluding hydrogens is 1760 g/mol. The third kappa shape index (κ3) is 22.0. The number of benzene rings is 6. The summed E-state index contributed by atoms with van der Waals surface area (Å²) in [5, 5.41) is 34.6. The van der Waals surface area contributed by atoms with E-state index in [4.69, 9.17) is 28.4 Å². The number of aromatic hydroxyl groups is 3. The second-order valence-corrected chi connectivity index (χ2v) is 31.0. The Morgan fingerprint density at radius 3 is 1.10 bits per heavy atom. The van der Waals surface area contributed by atoms with E-state index in [9.17, 15) is 29.7 Å². The Hall–Kier alpha value is -4.28. The van der Waals surface area contributed by atoms with E-state index < -0.39 is 17.9 Å². The normalized spacial score (nSPS) is 9.99. The van der Waals surface area contributed by atoms with E-state index in [-0.39, 0.29) is 72.7 Å². The van der Waals surface area contributed by atoms with E-state index in [2.05, 4.69) is 133 Å². The zero-order valence-electron chi connectivity index (χ0n) is 44.1. The maximum absolute atomic E-state index is 11.9. The molecule has 425 valence electrons. The van der Waals surface area contributed by atoms with Gasteiger partial charge in [-0.15, -0.1) is 0 Å². The summed E-state index contributed by atoms with van der Waals surface area (Å²) in [6, 6.07) is 43.8. The van der Waals surface area contributed by atoms with Crippen molar-refractivity contribution < 1.29 is 76.7 Å². The number of alkyl halides is 5. The van der Waals surface area contributed by atoms with Gasteiger partial charge in [0.15, 0.2) is 34.3 Å². The Kier molecular flexibility index (Phi) is 33.2. The molecular formula is C59H54I6N3O12V-. The molecule has 22 heteroatoms. The number of hydrogen-bond donors (Lipinski definition) is 3. The van der Waals surface area contributed by atoms with Crippen molar-refractivity contribution in [1.29, 1.82) is 0 Å². The van der Waals surface area contributed by atoms with E-state index in [1.165, 1.54) is 8.63 Å². The molecule has 3 N–H and O–H groups in total. The number of carbonyl (C=O) groups excluding carboxylic acids is 3. The first kappa shape index (κ1) is 71.0. The van der Waals surface area contributed by atoms with Gasteiger partial charge in [-0.3, -0.25) is 4.93 Å². The summed E-state index contributed by atoms with van der Waals surface area (Å²) in [5.74, 6) is 1.56. The topological polar surface area (TPSA) is 206 Å². The Balaban J connectivity index is 0.000000295. The molecule has 0 atom stereocenters. The number of rotatable bonds is 12. The number of aryl methyl sites for hydroxylation is 2. The maximum Gasteiger partial charge on any atom is 0.360 e. The number of nitrogens with zero attached hydrogens (tertiary/aromatic N) is 3. The molecule has 1 radical (unpaired) electrons. The molecule has 0 bridgehead atoms. The monoisotopic (exact) mass is 1810 g/mol.